The van der Waals surface area contributed by atoms with Crippen molar-refractivity contribution < 1.29 is 19.2 Å². The number of rotatable bonds is 2. The average Bonchev–Trinajstić information content (AvgIpc) is 2.74. The van der Waals surface area contributed by atoms with Gasteiger partial charge < -0.3 is 9.57 Å². The highest BCUT2D eigenvalue weighted by Crippen LogP contribution is 2.48. The Bertz CT molecular complexity index is 583. The summed E-state index contributed by atoms with van der Waals surface area (Å²) in [5.74, 6) is -1.34. The number of carbonyl (C=O) groups is 2. The van der Waals surface area contributed by atoms with Gasteiger partial charge in [-0.25, -0.2) is 4.79 Å². The summed E-state index contributed by atoms with van der Waals surface area (Å²) >= 11 is 24.0. The minimum atomic E-state index is -1.67. The van der Waals surface area contributed by atoms with Crippen LogP contribution in [0, 0.1) is 0 Å². The molecule has 20 heavy (non-hydrogen) atoms. The second-order valence-electron chi connectivity index (χ2n) is 3.87. The van der Waals surface area contributed by atoms with E-state index in [9.17, 15) is 9.59 Å². The first kappa shape index (κ1) is 15.6. The maximum Gasteiger partial charge on any atom is 0.357 e. The number of nitrogens with zero attached hydrogens (tertiary/aromatic N) is 1. The number of allylic oxidation sites excluding steroid dienone is 2. The Labute approximate surface area is 134 Å². The van der Waals surface area contributed by atoms with Crippen molar-refractivity contribution in [3.8, 4) is 0 Å². The van der Waals surface area contributed by atoms with Crippen molar-refractivity contribution in [3.63, 3.8) is 0 Å². The summed E-state index contributed by atoms with van der Waals surface area (Å²) < 4.78 is 4.79. The third-order valence-electron chi connectivity index (χ3n) is 2.72. The predicted octanol–water partition coefficient (Wildman–Crippen LogP) is 2.68. The standard InChI is InChI=1S/C11H7Cl4NO4/c1-2-19-10(18)7-9(15)11(20-16-7)5(12)3-4(17)6(13)8(11)14/h3,9H,2H2,1H3/t9-,11+/m1/s1. The Morgan fingerprint density at radius 3 is 2.75 bits per heavy atom. The van der Waals surface area contributed by atoms with Crippen LogP contribution in [-0.2, 0) is 19.2 Å². The first-order valence-corrected chi connectivity index (χ1v) is 6.98. The molecule has 9 heteroatoms. The highest BCUT2D eigenvalue weighted by Gasteiger charge is 2.58. The van der Waals surface area contributed by atoms with Crippen LogP contribution in [0.4, 0.5) is 0 Å². The van der Waals surface area contributed by atoms with Crippen molar-refractivity contribution in [2.45, 2.75) is 17.9 Å². The van der Waals surface area contributed by atoms with Gasteiger partial charge in [0.05, 0.1) is 16.7 Å². The van der Waals surface area contributed by atoms with E-state index in [1.165, 1.54) is 0 Å². The molecule has 0 bridgehead atoms. The molecule has 0 amide bonds. The van der Waals surface area contributed by atoms with Gasteiger partial charge in [-0.05, 0) is 6.92 Å². The molecule has 2 aliphatic rings. The number of alkyl halides is 1. The van der Waals surface area contributed by atoms with Gasteiger partial charge in [0, 0.05) is 6.08 Å². The van der Waals surface area contributed by atoms with Gasteiger partial charge in [-0.2, -0.15) is 0 Å². The smallest absolute Gasteiger partial charge is 0.357 e. The van der Waals surface area contributed by atoms with Crippen molar-refractivity contribution in [2.75, 3.05) is 6.61 Å². The molecule has 0 saturated heterocycles. The molecule has 0 radical (unpaired) electrons. The monoisotopic (exact) mass is 357 g/mol. The molecular weight excluding hydrogens is 352 g/mol. The van der Waals surface area contributed by atoms with E-state index in [0.717, 1.165) is 6.08 Å². The highest BCUT2D eigenvalue weighted by atomic mass is 35.5. The van der Waals surface area contributed by atoms with Crippen molar-refractivity contribution in [1.82, 2.24) is 0 Å². The van der Waals surface area contributed by atoms with Gasteiger partial charge in [0.2, 0.25) is 5.60 Å². The lowest BCUT2D eigenvalue weighted by Gasteiger charge is -2.31. The molecule has 1 heterocycles. The summed E-state index contributed by atoms with van der Waals surface area (Å²) in [5.41, 5.74) is -1.87. The zero-order valence-electron chi connectivity index (χ0n) is 9.95. The molecule has 0 saturated carbocycles. The van der Waals surface area contributed by atoms with Crippen LogP contribution in [0.15, 0.2) is 26.3 Å². The number of carbonyl (C=O) groups excluding carboxylic acids is 2. The maximum absolute atomic E-state index is 11.7. The Hall–Kier alpha value is -0.750. The molecule has 2 rings (SSSR count). The summed E-state index contributed by atoms with van der Waals surface area (Å²) in [6.07, 6.45) is 1.02. The molecule has 0 fully saturated rings. The third-order valence-corrected chi connectivity index (χ3v) is 4.56. The molecule has 0 N–H and O–H groups in total. The minimum absolute atomic E-state index is 0.111. The van der Waals surface area contributed by atoms with Gasteiger partial charge in [0.25, 0.3) is 0 Å². The molecule has 5 nitrogen and oxygen atoms in total. The number of esters is 1. The van der Waals surface area contributed by atoms with Gasteiger partial charge in [-0.3, -0.25) is 4.79 Å². The number of hydrogen-bond donors (Lipinski definition) is 0. The second-order valence-corrected chi connectivity index (χ2v) is 5.47. The quantitative estimate of drug-likeness (QED) is 0.562. The number of oxime groups is 1. The third kappa shape index (κ3) is 2.13. The first-order chi connectivity index (χ1) is 9.36. The summed E-state index contributed by atoms with van der Waals surface area (Å²) in [6, 6.07) is 0. The molecule has 2 atom stereocenters. The molecule has 1 spiro atoms. The van der Waals surface area contributed by atoms with Crippen LogP contribution in [0.1, 0.15) is 6.92 Å². The molecule has 1 aliphatic heterocycles. The van der Waals surface area contributed by atoms with Gasteiger partial charge in [0.1, 0.15) is 10.4 Å². The molecule has 0 aromatic carbocycles. The Morgan fingerprint density at radius 2 is 2.15 bits per heavy atom. The van der Waals surface area contributed by atoms with Crippen LogP contribution in [0.2, 0.25) is 0 Å². The highest BCUT2D eigenvalue weighted by molar-refractivity contribution is 6.56. The number of halogens is 4. The largest absolute Gasteiger partial charge is 0.461 e. The molecule has 1 aliphatic carbocycles. The second kappa shape index (κ2) is 5.56. The van der Waals surface area contributed by atoms with Crippen molar-refractivity contribution in [2.24, 2.45) is 5.16 Å². The topological polar surface area (TPSA) is 65.0 Å². The Kier molecular flexibility index (Phi) is 4.35. The Morgan fingerprint density at radius 1 is 1.50 bits per heavy atom. The summed E-state index contributed by atoms with van der Waals surface area (Å²) in [5, 5.41) is 1.78. The molecule has 0 aromatic rings. The zero-order valence-corrected chi connectivity index (χ0v) is 13.0. The lowest BCUT2D eigenvalue weighted by atomic mass is 9.90. The average molecular weight is 359 g/mol. The summed E-state index contributed by atoms with van der Waals surface area (Å²) in [4.78, 5) is 28.4. The fourth-order valence-corrected chi connectivity index (χ4v) is 3.16. The van der Waals surface area contributed by atoms with Crippen molar-refractivity contribution in [3.05, 3.63) is 21.2 Å². The number of ketones is 1. The van der Waals surface area contributed by atoms with Gasteiger partial charge in [0.15, 0.2) is 11.5 Å². The molecular formula is C11H7Cl4NO4. The lowest BCUT2D eigenvalue weighted by Crippen LogP contribution is -2.45. The van der Waals surface area contributed by atoms with Crippen molar-refractivity contribution >= 4 is 63.9 Å². The SMILES string of the molecule is CCOC(=O)C1=NO[C@]2(C(Cl)=CC(=O)C(Cl)=C2Cl)[C@@H]1Cl. The molecule has 0 aromatic heterocycles. The van der Waals surface area contributed by atoms with E-state index in [1.807, 2.05) is 0 Å². The fraction of sp³-hybridized carbons (Fsp3) is 0.364. The molecule has 108 valence electrons. The number of hydrogen-bond acceptors (Lipinski definition) is 5. The van der Waals surface area contributed by atoms with E-state index in [2.05, 4.69) is 5.16 Å². The van der Waals surface area contributed by atoms with Crippen LogP contribution in [-0.4, -0.2) is 35.0 Å². The van der Waals surface area contributed by atoms with Gasteiger partial charge in [-0.15, -0.1) is 11.6 Å². The van der Waals surface area contributed by atoms with E-state index in [-0.39, 0.29) is 27.4 Å². The lowest BCUT2D eigenvalue weighted by molar-refractivity contribution is -0.135. The summed E-state index contributed by atoms with van der Waals surface area (Å²) in [6.45, 7) is 1.77. The molecule has 0 unspecified atom stereocenters. The zero-order chi connectivity index (χ0) is 15.1. The van der Waals surface area contributed by atoms with Gasteiger partial charge in [-0.1, -0.05) is 40.0 Å². The van der Waals surface area contributed by atoms with E-state index in [0.29, 0.717) is 0 Å². The fourth-order valence-electron chi connectivity index (χ4n) is 1.73. The van der Waals surface area contributed by atoms with E-state index >= 15 is 0 Å². The van der Waals surface area contributed by atoms with Gasteiger partial charge >= 0.3 is 5.97 Å². The predicted molar refractivity (Wildman–Crippen MR) is 75.2 cm³/mol. The maximum atomic E-state index is 11.7. The van der Waals surface area contributed by atoms with Crippen LogP contribution in [0.3, 0.4) is 0 Å². The van der Waals surface area contributed by atoms with Crippen LogP contribution in [0.5, 0.6) is 0 Å². The van der Waals surface area contributed by atoms with Crippen LogP contribution >= 0.6 is 46.4 Å². The summed E-state index contributed by atoms with van der Waals surface area (Å²) in [7, 11) is 0. The number of ether oxygens (including phenoxy) is 1. The van der Waals surface area contributed by atoms with Crippen molar-refractivity contribution in [1.29, 1.82) is 0 Å². The first-order valence-electron chi connectivity index (χ1n) is 5.41. The Balaban J connectivity index is 2.42. The van der Waals surface area contributed by atoms with Crippen LogP contribution < -0.4 is 0 Å². The van der Waals surface area contributed by atoms with Crippen LogP contribution in [0.25, 0.3) is 0 Å². The normalized spacial score (nSPS) is 29.2. The van der Waals surface area contributed by atoms with E-state index < -0.39 is 22.7 Å². The van der Waals surface area contributed by atoms with E-state index in [1.54, 1.807) is 6.92 Å². The minimum Gasteiger partial charge on any atom is -0.461 e. The van der Waals surface area contributed by atoms with E-state index in [4.69, 9.17) is 56.0 Å².